The summed E-state index contributed by atoms with van der Waals surface area (Å²) in [5, 5.41) is 7.67. The molecule has 0 saturated carbocycles. The van der Waals surface area contributed by atoms with E-state index in [9.17, 15) is 8.42 Å². The van der Waals surface area contributed by atoms with Gasteiger partial charge >= 0.3 is 0 Å². The fraction of sp³-hybridized carbons (Fsp3) is 0.385. The first-order valence-corrected chi connectivity index (χ1v) is 7.99. The molecule has 1 unspecified atom stereocenters. The molecule has 1 aromatic carbocycles. The minimum Gasteiger partial charge on any atom is -0.424 e. The lowest BCUT2D eigenvalue weighted by atomic mass is 10.1. The average Bonchev–Trinajstić information content (AvgIpc) is 2.86. The molecule has 108 valence electrons. The maximum absolute atomic E-state index is 11.8. The van der Waals surface area contributed by atoms with Crippen LogP contribution in [0.1, 0.15) is 30.3 Å². The second-order valence-corrected chi connectivity index (χ2v) is 6.47. The number of nitrogens with one attached hydrogen (secondary N) is 1. The van der Waals surface area contributed by atoms with Crippen molar-refractivity contribution in [1.82, 2.24) is 14.9 Å². The molecule has 1 aromatic heterocycles. The largest absolute Gasteiger partial charge is 0.424 e. The first-order valence-electron chi connectivity index (χ1n) is 6.34. The van der Waals surface area contributed by atoms with Gasteiger partial charge in [0.25, 0.3) is 0 Å². The van der Waals surface area contributed by atoms with E-state index in [-0.39, 0.29) is 11.6 Å². The van der Waals surface area contributed by atoms with E-state index >= 15 is 0 Å². The van der Waals surface area contributed by atoms with Gasteiger partial charge in [-0.15, -0.1) is 10.2 Å². The molecule has 20 heavy (non-hydrogen) atoms. The lowest BCUT2D eigenvalue weighted by Crippen LogP contribution is -2.31. The highest BCUT2D eigenvalue weighted by molar-refractivity contribution is 7.89. The fourth-order valence-electron chi connectivity index (χ4n) is 1.78. The predicted molar refractivity (Wildman–Crippen MR) is 74.5 cm³/mol. The first kappa shape index (κ1) is 14.7. The Morgan fingerprint density at radius 2 is 1.95 bits per heavy atom. The van der Waals surface area contributed by atoms with Crippen molar-refractivity contribution in [2.75, 3.05) is 5.75 Å². The first-order chi connectivity index (χ1) is 9.50. The van der Waals surface area contributed by atoms with Crippen molar-refractivity contribution in [3.63, 3.8) is 0 Å². The van der Waals surface area contributed by atoms with Crippen LogP contribution in [0.3, 0.4) is 0 Å². The van der Waals surface area contributed by atoms with Gasteiger partial charge in [0.05, 0.1) is 5.75 Å². The second-order valence-electron chi connectivity index (χ2n) is 4.42. The average molecular weight is 295 g/mol. The molecule has 0 aliphatic heterocycles. The van der Waals surface area contributed by atoms with E-state index in [1.165, 1.54) is 0 Å². The minimum atomic E-state index is -3.36. The molecule has 2 rings (SSSR count). The number of nitrogens with zero attached hydrogens (tertiary/aromatic N) is 2. The molecule has 0 spiro atoms. The summed E-state index contributed by atoms with van der Waals surface area (Å²) in [5.74, 6) is 0.697. The van der Waals surface area contributed by atoms with E-state index in [1.807, 2.05) is 30.3 Å². The van der Waals surface area contributed by atoms with E-state index in [1.54, 1.807) is 13.8 Å². The Kier molecular flexibility index (Phi) is 4.51. The zero-order chi connectivity index (χ0) is 14.6. The predicted octanol–water partition coefficient (Wildman–Crippen LogP) is 1.60. The normalized spacial score (nSPS) is 13.3. The van der Waals surface area contributed by atoms with Crippen LogP contribution in [-0.4, -0.2) is 24.4 Å². The Morgan fingerprint density at radius 3 is 2.50 bits per heavy atom. The van der Waals surface area contributed by atoms with Crippen LogP contribution in [0.25, 0.3) is 0 Å². The molecule has 7 heteroatoms. The Bertz CT molecular complexity index is 653. The van der Waals surface area contributed by atoms with Gasteiger partial charge in [-0.2, -0.15) is 0 Å². The highest BCUT2D eigenvalue weighted by atomic mass is 32.2. The van der Waals surface area contributed by atoms with Gasteiger partial charge in [-0.25, -0.2) is 13.1 Å². The summed E-state index contributed by atoms with van der Waals surface area (Å²) < 4.78 is 31.5. The third-order valence-electron chi connectivity index (χ3n) is 2.82. The number of hydrogen-bond donors (Lipinski definition) is 1. The van der Waals surface area contributed by atoms with Crippen molar-refractivity contribution < 1.29 is 12.8 Å². The van der Waals surface area contributed by atoms with Crippen molar-refractivity contribution in [3.05, 3.63) is 47.7 Å². The number of benzene rings is 1. The molecule has 6 nitrogen and oxygen atoms in total. The molecule has 0 aliphatic rings. The molecule has 1 N–H and O–H groups in total. The van der Waals surface area contributed by atoms with Gasteiger partial charge in [0.15, 0.2) is 0 Å². The highest BCUT2D eigenvalue weighted by Crippen LogP contribution is 2.18. The van der Waals surface area contributed by atoms with Gasteiger partial charge in [0.1, 0.15) is 6.04 Å². The quantitative estimate of drug-likeness (QED) is 0.875. The van der Waals surface area contributed by atoms with Gasteiger partial charge in [-0.05, 0) is 18.9 Å². The van der Waals surface area contributed by atoms with E-state index in [2.05, 4.69) is 14.9 Å². The fourth-order valence-corrected chi connectivity index (χ4v) is 2.57. The summed E-state index contributed by atoms with van der Waals surface area (Å²) in [6.45, 7) is 3.26. The van der Waals surface area contributed by atoms with Crippen molar-refractivity contribution in [2.24, 2.45) is 0 Å². The minimum absolute atomic E-state index is 0.00537. The zero-order valence-electron chi connectivity index (χ0n) is 11.4. The summed E-state index contributed by atoms with van der Waals surface area (Å²) in [5.41, 5.74) is 0.993. The van der Waals surface area contributed by atoms with Crippen molar-refractivity contribution in [2.45, 2.75) is 26.3 Å². The number of aromatic nitrogens is 2. The Morgan fingerprint density at radius 1 is 1.25 bits per heavy atom. The molecule has 0 amide bonds. The van der Waals surface area contributed by atoms with E-state index in [0.717, 1.165) is 5.56 Å². The van der Waals surface area contributed by atoms with Crippen LogP contribution in [0.4, 0.5) is 0 Å². The molecular formula is C13H17N3O3S. The molecule has 2 aromatic rings. The monoisotopic (exact) mass is 295 g/mol. The maximum atomic E-state index is 11.8. The summed E-state index contributed by atoms with van der Waals surface area (Å²) in [7, 11) is -3.36. The van der Waals surface area contributed by atoms with Gasteiger partial charge < -0.3 is 4.42 Å². The molecule has 1 heterocycles. The third kappa shape index (κ3) is 3.88. The molecule has 0 fully saturated rings. The van der Waals surface area contributed by atoms with Gasteiger partial charge in [-0.1, -0.05) is 30.3 Å². The van der Waals surface area contributed by atoms with Crippen molar-refractivity contribution >= 4 is 10.0 Å². The van der Waals surface area contributed by atoms with Crippen molar-refractivity contribution in [3.8, 4) is 0 Å². The van der Waals surface area contributed by atoms with Crippen LogP contribution in [0, 0.1) is 6.92 Å². The standard InChI is InChI=1S/C13H17N3O3S/c1-3-20(17,18)16-12(13-15-14-10(2)19-13)9-11-7-5-4-6-8-11/h4-8,12,16H,3,9H2,1-2H3. The third-order valence-corrected chi connectivity index (χ3v) is 4.23. The number of aryl methyl sites for hydroxylation is 1. The number of sulfonamides is 1. The molecular weight excluding hydrogens is 278 g/mol. The number of rotatable bonds is 6. The van der Waals surface area contributed by atoms with Gasteiger partial charge in [-0.3, -0.25) is 0 Å². The van der Waals surface area contributed by atoms with E-state index in [4.69, 9.17) is 4.42 Å². The van der Waals surface area contributed by atoms with E-state index < -0.39 is 16.1 Å². The van der Waals surface area contributed by atoms with Crippen LogP contribution >= 0.6 is 0 Å². The van der Waals surface area contributed by atoms with Crippen LogP contribution in [0.15, 0.2) is 34.7 Å². The lowest BCUT2D eigenvalue weighted by molar-refractivity contribution is 0.411. The second kappa shape index (κ2) is 6.15. The Labute approximate surface area is 118 Å². The topological polar surface area (TPSA) is 85.1 Å². The SMILES string of the molecule is CCS(=O)(=O)NC(Cc1ccccc1)c1nnc(C)o1. The summed E-state index contributed by atoms with van der Waals surface area (Å²) >= 11 is 0. The van der Waals surface area contributed by atoms with Gasteiger partial charge in [0.2, 0.25) is 21.8 Å². The Hall–Kier alpha value is -1.73. The van der Waals surface area contributed by atoms with Crippen LogP contribution in [0.5, 0.6) is 0 Å². The molecule has 0 radical (unpaired) electrons. The smallest absolute Gasteiger partial charge is 0.234 e. The highest BCUT2D eigenvalue weighted by Gasteiger charge is 2.23. The van der Waals surface area contributed by atoms with Crippen LogP contribution in [-0.2, 0) is 16.4 Å². The summed E-state index contributed by atoms with van der Waals surface area (Å²) in [4.78, 5) is 0. The maximum Gasteiger partial charge on any atom is 0.234 e. The van der Waals surface area contributed by atoms with Gasteiger partial charge in [0, 0.05) is 6.92 Å². The van der Waals surface area contributed by atoms with Crippen molar-refractivity contribution in [1.29, 1.82) is 0 Å². The van der Waals surface area contributed by atoms with Crippen LogP contribution < -0.4 is 4.72 Å². The summed E-state index contributed by atoms with van der Waals surface area (Å²) in [6, 6.07) is 9.02. The Balaban J connectivity index is 2.25. The molecule has 0 saturated heterocycles. The van der Waals surface area contributed by atoms with Crippen LogP contribution in [0.2, 0.25) is 0 Å². The molecule has 0 bridgehead atoms. The number of hydrogen-bond acceptors (Lipinski definition) is 5. The summed E-state index contributed by atoms with van der Waals surface area (Å²) in [6.07, 6.45) is 0.460. The van der Waals surface area contributed by atoms with E-state index in [0.29, 0.717) is 12.3 Å². The molecule has 1 atom stereocenters. The lowest BCUT2D eigenvalue weighted by Gasteiger charge is -2.14. The zero-order valence-corrected chi connectivity index (χ0v) is 12.2. The molecule has 0 aliphatic carbocycles.